The van der Waals surface area contributed by atoms with Gasteiger partial charge < -0.3 is 15.3 Å². The highest BCUT2D eigenvalue weighted by molar-refractivity contribution is 6.33. The molecular formula is C9H8ClN5O2. The number of nitrogen functional groups attached to an aromatic ring is 1. The summed E-state index contributed by atoms with van der Waals surface area (Å²) in [5.74, 6) is 5.38. The minimum Gasteiger partial charge on any atom is -0.363 e. The third-order valence-corrected chi connectivity index (χ3v) is 2.21. The lowest BCUT2D eigenvalue weighted by molar-refractivity contribution is 0.102. The summed E-state index contributed by atoms with van der Waals surface area (Å²) < 4.78 is 4.58. The van der Waals surface area contributed by atoms with Crippen LogP contribution in [0.25, 0.3) is 0 Å². The van der Waals surface area contributed by atoms with E-state index < -0.39 is 5.91 Å². The molecule has 0 aromatic carbocycles. The van der Waals surface area contributed by atoms with Crippen molar-refractivity contribution in [1.29, 1.82) is 0 Å². The van der Waals surface area contributed by atoms with Gasteiger partial charge in [-0.15, -0.1) is 0 Å². The molecule has 17 heavy (non-hydrogen) atoms. The molecule has 0 spiro atoms. The first-order chi connectivity index (χ1) is 8.20. The maximum atomic E-state index is 11.7. The molecule has 0 radical (unpaired) electrons. The van der Waals surface area contributed by atoms with Gasteiger partial charge in [0.25, 0.3) is 5.91 Å². The van der Waals surface area contributed by atoms with Gasteiger partial charge in [0, 0.05) is 12.3 Å². The van der Waals surface area contributed by atoms with Gasteiger partial charge in [-0.05, 0) is 6.07 Å². The first-order valence-corrected chi connectivity index (χ1v) is 4.92. The second kappa shape index (κ2) is 4.81. The SMILES string of the molecule is NNc1ncc(C(=O)Nc2ccon2)cc1Cl. The van der Waals surface area contributed by atoms with Crippen LogP contribution in [0.15, 0.2) is 29.1 Å². The van der Waals surface area contributed by atoms with E-state index in [1.165, 1.54) is 24.6 Å². The number of nitrogens with one attached hydrogen (secondary N) is 2. The number of hydrazine groups is 1. The molecule has 1 amide bonds. The summed E-state index contributed by atoms with van der Waals surface area (Å²) in [6.45, 7) is 0. The zero-order chi connectivity index (χ0) is 12.3. The molecule has 0 saturated carbocycles. The summed E-state index contributed by atoms with van der Waals surface area (Å²) >= 11 is 5.84. The average Bonchev–Trinajstić information content (AvgIpc) is 2.81. The number of halogens is 1. The zero-order valence-corrected chi connectivity index (χ0v) is 9.23. The number of carbonyl (C=O) groups is 1. The summed E-state index contributed by atoms with van der Waals surface area (Å²) in [7, 11) is 0. The molecule has 0 aliphatic rings. The summed E-state index contributed by atoms with van der Waals surface area (Å²) in [6.07, 6.45) is 2.69. The molecule has 0 fully saturated rings. The van der Waals surface area contributed by atoms with E-state index in [-0.39, 0.29) is 10.6 Å². The zero-order valence-electron chi connectivity index (χ0n) is 8.48. The van der Waals surface area contributed by atoms with Crippen molar-refractivity contribution in [2.24, 2.45) is 5.84 Å². The van der Waals surface area contributed by atoms with Gasteiger partial charge in [0.2, 0.25) is 0 Å². The number of nitrogens with two attached hydrogens (primary N) is 1. The summed E-state index contributed by atoms with van der Waals surface area (Å²) in [5.41, 5.74) is 2.59. The Labute approximate surface area is 101 Å². The van der Waals surface area contributed by atoms with E-state index in [2.05, 4.69) is 25.4 Å². The Morgan fingerprint density at radius 1 is 1.53 bits per heavy atom. The van der Waals surface area contributed by atoms with Gasteiger partial charge in [-0.2, -0.15) is 0 Å². The smallest absolute Gasteiger partial charge is 0.258 e. The fourth-order valence-electron chi connectivity index (χ4n) is 1.13. The number of rotatable bonds is 3. The highest BCUT2D eigenvalue weighted by atomic mass is 35.5. The van der Waals surface area contributed by atoms with E-state index >= 15 is 0 Å². The molecular weight excluding hydrogens is 246 g/mol. The number of hydrogen-bond acceptors (Lipinski definition) is 6. The van der Waals surface area contributed by atoms with E-state index in [9.17, 15) is 4.79 Å². The van der Waals surface area contributed by atoms with Crippen LogP contribution in [0.1, 0.15) is 10.4 Å². The summed E-state index contributed by atoms with van der Waals surface area (Å²) in [5, 5.41) is 6.30. The van der Waals surface area contributed by atoms with Crippen LogP contribution < -0.4 is 16.6 Å². The first kappa shape index (κ1) is 11.4. The average molecular weight is 254 g/mol. The second-order valence-electron chi connectivity index (χ2n) is 3.04. The van der Waals surface area contributed by atoms with Crippen molar-refractivity contribution in [2.45, 2.75) is 0 Å². The van der Waals surface area contributed by atoms with Crippen molar-refractivity contribution in [3.05, 3.63) is 35.2 Å². The molecule has 0 bridgehead atoms. The lowest BCUT2D eigenvalue weighted by atomic mass is 10.2. The lowest BCUT2D eigenvalue weighted by Crippen LogP contribution is -2.14. The van der Waals surface area contributed by atoms with Gasteiger partial charge in [-0.1, -0.05) is 16.8 Å². The van der Waals surface area contributed by atoms with Crippen LogP contribution in [0.5, 0.6) is 0 Å². The van der Waals surface area contributed by atoms with Crippen LogP contribution in [0.2, 0.25) is 5.02 Å². The highest BCUT2D eigenvalue weighted by Gasteiger charge is 2.10. The van der Waals surface area contributed by atoms with Gasteiger partial charge in [0.05, 0.1) is 10.6 Å². The van der Waals surface area contributed by atoms with Crippen LogP contribution in [-0.4, -0.2) is 16.0 Å². The molecule has 0 aliphatic carbocycles. The normalized spacial score (nSPS) is 10.0. The third-order valence-electron chi connectivity index (χ3n) is 1.92. The minimum atomic E-state index is -0.392. The predicted octanol–water partition coefficient (Wildman–Crippen LogP) is 1.26. The molecule has 2 heterocycles. The second-order valence-corrected chi connectivity index (χ2v) is 3.44. The fourth-order valence-corrected chi connectivity index (χ4v) is 1.35. The molecule has 2 rings (SSSR count). The molecule has 0 unspecified atom stereocenters. The van der Waals surface area contributed by atoms with Gasteiger partial charge in [-0.25, -0.2) is 10.8 Å². The standard InChI is InChI=1S/C9H8ClN5O2/c10-6-3-5(4-12-8(6)14-11)9(16)13-7-1-2-17-15-7/h1-4H,11H2,(H,12,14)(H,13,15,16). The van der Waals surface area contributed by atoms with Crippen molar-refractivity contribution >= 4 is 29.1 Å². The number of aromatic nitrogens is 2. The Balaban J connectivity index is 2.17. The van der Waals surface area contributed by atoms with Crippen LogP contribution in [0.3, 0.4) is 0 Å². The Morgan fingerprint density at radius 3 is 2.94 bits per heavy atom. The Bertz CT molecular complexity index is 528. The molecule has 88 valence electrons. The molecule has 4 N–H and O–H groups in total. The lowest BCUT2D eigenvalue weighted by Gasteiger charge is -2.04. The number of pyridine rings is 1. The molecule has 0 atom stereocenters. The third kappa shape index (κ3) is 2.52. The molecule has 8 heteroatoms. The van der Waals surface area contributed by atoms with Crippen molar-refractivity contribution in [3.8, 4) is 0 Å². The predicted molar refractivity (Wildman–Crippen MR) is 61.5 cm³/mol. The molecule has 0 aliphatic heterocycles. The van der Waals surface area contributed by atoms with Crippen LogP contribution in [-0.2, 0) is 0 Å². The van der Waals surface area contributed by atoms with Crippen molar-refractivity contribution < 1.29 is 9.32 Å². The monoisotopic (exact) mass is 253 g/mol. The Kier molecular flexibility index (Phi) is 3.22. The van der Waals surface area contributed by atoms with E-state index in [1.807, 2.05) is 0 Å². The van der Waals surface area contributed by atoms with E-state index in [4.69, 9.17) is 17.4 Å². The van der Waals surface area contributed by atoms with Crippen molar-refractivity contribution in [1.82, 2.24) is 10.1 Å². The number of nitrogens with zero attached hydrogens (tertiary/aromatic N) is 2. The maximum absolute atomic E-state index is 11.7. The van der Waals surface area contributed by atoms with Crippen LogP contribution >= 0.6 is 11.6 Å². The minimum absolute atomic E-state index is 0.250. The van der Waals surface area contributed by atoms with E-state index in [1.54, 1.807) is 0 Å². The molecule has 2 aromatic rings. The summed E-state index contributed by atoms with van der Waals surface area (Å²) in [4.78, 5) is 15.6. The van der Waals surface area contributed by atoms with Crippen molar-refractivity contribution in [3.63, 3.8) is 0 Å². The van der Waals surface area contributed by atoms with E-state index in [0.29, 0.717) is 11.6 Å². The largest absolute Gasteiger partial charge is 0.363 e. The van der Waals surface area contributed by atoms with Crippen molar-refractivity contribution in [2.75, 3.05) is 10.7 Å². The molecule has 2 aromatic heterocycles. The molecule has 0 saturated heterocycles. The maximum Gasteiger partial charge on any atom is 0.258 e. The Morgan fingerprint density at radius 2 is 2.35 bits per heavy atom. The number of carbonyl (C=O) groups excluding carboxylic acids is 1. The first-order valence-electron chi connectivity index (χ1n) is 4.54. The van der Waals surface area contributed by atoms with E-state index in [0.717, 1.165) is 0 Å². The number of anilines is 2. The highest BCUT2D eigenvalue weighted by Crippen LogP contribution is 2.19. The molecule has 7 nitrogen and oxygen atoms in total. The number of amides is 1. The van der Waals surface area contributed by atoms with Gasteiger partial charge in [-0.3, -0.25) is 4.79 Å². The Hall–Kier alpha value is -2.12. The topological polar surface area (TPSA) is 106 Å². The van der Waals surface area contributed by atoms with Crippen LogP contribution in [0.4, 0.5) is 11.6 Å². The number of hydrogen-bond donors (Lipinski definition) is 3. The summed E-state index contributed by atoms with van der Waals surface area (Å²) in [6, 6.07) is 2.96. The van der Waals surface area contributed by atoms with Gasteiger partial charge in [0.15, 0.2) is 11.6 Å². The quantitative estimate of drug-likeness (QED) is 0.562. The van der Waals surface area contributed by atoms with Gasteiger partial charge in [0.1, 0.15) is 6.26 Å². The fraction of sp³-hybridized carbons (Fsp3) is 0. The van der Waals surface area contributed by atoms with Crippen LogP contribution in [0, 0.1) is 0 Å². The van der Waals surface area contributed by atoms with Gasteiger partial charge >= 0.3 is 0 Å².